The van der Waals surface area contributed by atoms with Crippen LogP contribution < -0.4 is 5.32 Å². The Kier molecular flexibility index (Phi) is 1.78. The van der Waals surface area contributed by atoms with Gasteiger partial charge in [-0.05, 0) is 13.0 Å². The minimum Gasteiger partial charge on any atom is -0.382 e. The van der Waals surface area contributed by atoms with Crippen molar-refractivity contribution in [1.82, 2.24) is 9.97 Å². The third-order valence-electron chi connectivity index (χ3n) is 2.81. The highest BCUT2D eigenvalue weighted by atomic mass is 15.0. The third-order valence-corrected chi connectivity index (χ3v) is 2.81. The summed E-state index contributed by atoms with van der Waals surface area (Å²) in [6.07, 6.45) is 2.77. The fraction of sp³-hybridized carbons (Fsp3) is 0.250. The second-order valence-corrected chi connectivity index (χ2v) is 4.02. The molecular formula is C12H13N3. The molecule has 0 bridgehead atoms. The number of aromatic nitrogens is 2. The molecule has 3 heteroatoms. The average Bonchev–Trinajstić information content (AvgIpc) is 2.62. The number of fused-ring (bicyclic) bond motifs is 3. The van der Waals surface area contributed by atoms with Crippen molar-refractivity contribution in [2.45, 2.75) is 19.4 Å². The summed E-state index contributed by atoms with van der Waals surface area (Å²) in [6.45, 7) is 2.19. The molecule has 1 aliphatic heterocycles. The van der Waals surface area contributed by atoms with E-state index in [0.29, 0.717) is 6.04 Å². The Morgan fingerprint density at radius 1 is 1.33 bits per heavy atom. The maximum Gasteiger partial charge on any atom is 0.0934 e. The molecule has 0 radical (unpaired) electrons. The summed E-state index contributed by atoms with van der Waals surface area (Å²) in [5, 5.41) is 3.50. The van der Waals surface area contributed by atoms with Crippen LogP contribution in [0.1, 0.15) is 12.6 Å². The Balaban J connectivity index is 2.25. The SMILES string of the molecule is CC1Cc2[nH]cnc2-c2ccccc2N1. The number of rotatable bonds is 0. The van der Waals surface area contributed by atoms with Crippen LogP contribution in [0, 0.1) is 0 Å². The maximum atomic E-state index is 4.40. The number of benzene rings is 1. The quantitative estimate of drug-likeness (QED) is 0.684. The first-order valence-corrected chi connectivity index (χ1v) is 5.23. The van der Waals surface area contributed by atoms with Crippen LogP contribution in [0.15, 0.2) is 30.6 Å². The van der Waals surface area contributed by atoms with E-state index < -0.39 is 0 Å². The fourth-order valence-corrected chi connectivity index (χ4v) is 2.15. The van der Waals surface area contributed by atoms with Crippen molar-refractivity contribution in [3.05, 3.63) is 36.3 Å². The van der Waals surface area contributed by atoms with Gasteiger partial charge in [-0.3, -0.25) is 0 Å². The van der Waals surface area contributed by atoms with Crippen LogP contribution in [0.4, 0.5) is 5.69 Å². The van der Waals surface area contributed by atoms with Gasteiger partial charge in [0.1, 0.15) is 0 Å². The summed E-state index contributed by atoms with van der Waals surface area (Å²) in [5.41, 5.74) is 4.68. The van der Waals surface area contributed by atoms with Gasteiger partial charge in [0.25, 0.3) is 0 Å². The van der Waals surface area contributed by atoms with Crippen LogP contribution in [0.5, 0.6) is 0 Å². The smallest absolute Gasteiger partial charge is 0.0934 e. The molecule has 0 saturated carbocycles. The van der Waals surface area contributed by atoms with Crippen LogP contribution >= 0.6 is 0 Å². The number of anilines is 1. The Hall–Kier alpha value is -1.77. The molecule has 1 atom stereocenters. The number of hydrogen-bond acceptors (Lipinski definition) is 2. The lowest BCUT2D eigenvalue weighted by molar-refractivity contribution is 0.782. The van der Waals surface area contributed by atoms with Gasteiger partial charge in [0.05, 0.1) is 12.0 Å². The first-order valence-electron chi connectivity index (χ1n) is 5.23. The van der Waals surface area contributed by atoms with Crippen LogP contribution in [0.25, 0.3) is 11.3 Å². The molecule has 1 aromatic heterocycles. The summed E-state index contributed by atoms with van der Waals surface area (Å²) < 4.78 is 0. The molecule has 3 nitrogen and oxygen atoms in total. The molecule has 3 rings (SSSR count). The zero-order valence-corrected chi connectivity index (χ0v) is 8.62. The van der Waals surface area contributed by atoms with Gasteiger partial charge in [-0.25, -0.2) is 4.98 Å². The summed E-state index contributed by atoms with van der Waals surface area (Å²) in [4.78, 5) is 7.61. The first-order chi connectivity index (χ1) is 7.34. The molecular weight excluding hydrogens is 186 g/mol. The number of nitrogens with zero attached hydrogens (tertiary/aromatic N) is 1. The zero-order chi connectivity index (χ0) is 10.3. The molecule has 0 aliphatic carbocycles. The molecule has 1 unspecified atom stereocenters. The van der Waals surface area contributed by atoms with E-state index >= 15 is 0 Å². The molecule has 76 valence electrons. The second kappa shape index (κ2) is 3.12. The molecule has 2 N–H and O–H groups in total. The molecule has 15 heavy (non-hydrogen) atoms. The van der Waals surface area contributed by atoms with Gasteiger partial charge in [-0.1, -0.05) is 18.2 Å². The van der Waals surface area contributed by atoms with E-state index in [9.17, 15) is 0 Å². The minimum atomic E-state index is 0.438. The molecule has 0 fully saturated rings. The lowest BCUT2D eigenvalue weighted by Crippen LogP contribution is -2.16. The highest BCUT2D eigenvalue weighted by molar-refractivity contribution is 5.78. The highest BCUT2D eigenvalue weighted by Gasteiger charge is 2.18. The minimum absolute atomic E-state index is 0.438. The Labute approximate surface area is 88.6 Å². The van der Waals surface area contributed by atoms with Gasteiger partial charge in [0, 0.05) is 29.4 Å². The lowest BCUT2D eigenvalue weighted by Gasteiger charge is -2.12. The van der Waals surface area contributed by atoms with Crippen molar-refractivity contribution in [2.24, 2.45) is 0 Å². The molecule has 2 aromatic rings. The van der Waals surface area contributed by atoms with Crippen LogP contribution in [-0.4, -0.2) is 16.0 Å². The Morgan fingerprint density at radius 3 is 3.13 bits per heavy atom. The summed E-state index contributed by atoms with van der Waals surface area (Å²) in [5.74, 6) is 0. The number of para-hydroxylation sites is 1. The molecule has 0 spiro atoms. The maximum absolute atomic E-state index is 4.40. The fourth-order valence-electron chi connectivity index (χ4n) is 2.15. The average molecular weight is 199 g/mol. The van der Waals surface area contributed by atoms with E-state index in [1.807, 2.05) is 0 Å². The van der Waals surface area contributed by atoms with Crippen LogP contribution in [0.2, 0.25) is 0 Å². The van der Waals surface area contributed by atoms with Gasteiger partial charge < -0.3 is 10.3 Å². The molecule has 0 saturated heterocycles. The van der Waals surface area contributed by atoms with Gasteiger partial charge >= 0.3 is 0 Å². The van der Waals surface area contributed by atoms with E-state index in [4.69, 9.17) is 0 Å². The predicted octanol–water partition coefficient (Wildman–Crippen LogP) is 2.43. The molecule has 0 amide bonds. The number of nitrogens with one attached hydrogen (secondary N) is 2. The number of aromatic amines is 1. The molecule has 1 aliphatic rings. The topological polar surface area (TPSA) is 40.7 Å². The monoisotopic (exact) mass is 199 g/mol. The van der Waals surface area contributed by atoms with Gasteiger partial charge in [-0.2, -0.15) is 0 Å². The van der Waals surface area contributed by atoms with Crippen molar-refractivity contribution in [3.63, 3.8) is 0 Å². The van der Waals surface area contributed by atoms with Crippen LogP contribution in [0.3, 0.4) is 0 Å². The van der Waals surface area contributed by atoms with Crippen molar-refractivity contribution in [3.8, 4) is 11.3 Å². The molecule has 2 heterocycles. The second-order valence-electron chi connectivity index (χ2n) is 4.02. The normalized spacial score (nSPS) is 18.6. The van der Waals surface area contributed by atoms with Crippen molar-refractivity contribution in [2.75, 3.05) is 5.32 Å². The van der Waals surface area contributed by atoms with Crippen LogP contribution in [-0.2, 0) is 6.42 Å². The molecule has 1 aromatic carbocycles. The van der Waals surface area contributed by atoms with Gasteiger partial charge in [-0.15, -0.1) is 0 Å². The standard InChI is InChI=1S/C12H13N3/c1-8-6-11-12(14-7-13-11)9-4-2-3-5-10(9)15-8/h2-5,7-8,15H,6H2,1H3,(H,13,14). The predicted molar refractivity (Wildman–Crippen MR) is 60.8 cm³/mol. The highest BCUT2D eigenvalue weighted by Crippen LogP contribution is 2.32. The number of hydrogen-bond donors (Lipinski definition) is 2. The summed E-state index contributed by atoms with van der Waals surface area (Å²) >= 11 is 0. The zero-order valence-electron chi connectivity index (χ0n) is 8.62. The van der Waals surface area contributed by atoms with Crippen molar-refractivity contribution < 1.29 is 0 Å². The Morgan fingerprint density at radius 2 is 2.20 bits per heavy atom. The van der Waals surface area contributed by atoms with E-state index in [-0.39, 0.29) is 0 Å². The Bertz CT molecular complexity index is 487. The number of H-pyrrole nitrogens is 1. The summed E-state index contributed by atoms with van der Waals surface area (Å²) in [6, 6.07) is 8.76. The van der Waals surface area contributed by atoms with Crippen molar-refractivity contribution >= 4 is 5.69 Å². The summed E-state index contributed by atoms with van der Waals surface area (Å²) in [7, 11) is 0. The first kappa shape index (κ1) is 8.53. The largest absolute Gasteiger partial charge is 0.382 e. The third kappa shape index (κ3) is 1.31. The van der Waals surface area contributed by atoms with E-state index in [0.717, 1.165) is 12.1 Å². The van der Waals surface area contributed by atoms with E-state index in [1.165, 1.54) is 16.9 Å². The lowest BCUT2D eigenvalue weighted by atomic mass is 10.1. The van der Waals surface area contributed by atoms with E-state index in [1.54, 1.807) is 6.33 Å². The van der Waals surface area contributed by atoms with E-state index in [2.05, 4.69) is 46.5 Å². The van der Waals surface area contributed by atoms with Gasteiger partial charge in [0.15, 0.2) is 0 Å². The number of imidazole rings is 1. The van der Waals surface area contributed by atoms with Gasteiger partial charge in [0.2, 0.25) is 0 Å². The van der Waals surface area contributed by atoms with Crippen molar-refractivity contribution in [1.29, 1.82) is 0 Å².